The molecule has 1 fully saturated rings. The van der Waals surface area contributed by atoms with Crippen LogP contribution < -0.4 is 5.32 Å². The number of nitrogens with zero attached hydrogens (tertiary/aromatic N) is 3. The number of piperidine rings is 1. The number of amides is 1. The molecular formula is C22H22BrClN4O2. The minimum Gasteiger partial charge on any atom is -0.338 e. The maximum atomic E-state index is 12.6. The van der Waals surface area contributed by atoms with Gasteiger partial charge in [-0.25, -0.2) is 0 Å². The average Bonchev–Trinajstić information content (AvgIpc) is 3.20. The van der Waals surface area contributed by atoms with Crippen LogP contribution >= 0.6 is 27.5 Å². The number of hydrogen-bond acceptors (Lipinski definition) is 5. The van der Waals surface area contributed by atoms with Crippen molar-refractivity contribution >= 4 is 39.1 Å². The van der Waals surface area contributed by atoms with Gasteiger partial charge in [-0.3, -0.25) is 9.69 Å². The molecule has 1 N–H and O–H groups in total. The lowest BCUT2D eigenvalue weighted by Gasteiger charge is -2.30. The molecule has 0 bridgehead atoms. The van der Waals surface area contributed by atoms with Gasteiger partial charge in [-0.1, -0.05) is 50.9 Å². The third-order valence-corrected chi connectivity index (χ3v) is 6.21. The number of rotatable bonds is 5. The van der Waals surface area contributed by atoms with Crippen molar-refractivity contribution < 1.29 is 9.32 Å². The smallest absolute Gasteiger partial charge is 0.241 e. The summed E-state index contributed by atoms with van der Waals surface area (Å²) in [5.41, 5.74) is 2.64. The van der Waals surface area contributed by atoms with Crippen LogP contribution in [0.15, 0.2) is 51.5 Å². The van der Waals surface area contributed by atoms with Crippen LogP contribution in [0.4, 0.5) is 5.69 Å². The summed E-state index contributed by atoms with van der Waals surface area (Å²) < 4.78 is 6.40. The lowest BCUT2D eigenvalue weighted by molar-refractivity contribution is -0.121. The Morgan fingerprint density at radius 1 is 1.27 bits per heavy atom. The van der Waals surface area contributed by atoms with Gasteiger partial charge in [0, 0.05) is 26.7 Å². The van der Waals surface area contributed by atoms with Crippen molar-refractivity contribution in [3.05, 3.63) is 63.4 Å². The van der Waals surface area contributed by atoms with Crippen LogP contribution in [0, 0.1) is 12.8 Å². The highest BCUT2D eigenvalue weighted by atomic mass is 79.9. The summed E-state index contributed by atoms with van der Waals surface area (Å²) in [5.74, 6) is 1.20. The van der Waals surface area contributed by atoms with Crippen molar-refractivity contribution in [2.45, 2.75) is 26.3 Å². The van der Waals surface area contributed by atoms with Crippen molar-refractivity contribution in [2.75, 3.05) is 18.4 Å². The molecule has 0 atom stereocenters. The van der Waals surface area contributed by atoms with Crippen LogP contribution in [0.1, 0.15) is 24.3 Å². The molecule has 4 rings (SSSR count). The molecule has 30 heavy (non-hydrogen) atoms. The average molecular weight is 490 g/mol. The van der Waals surface area contributed by atoms with Crippen LogP contribution in [0.2, 0.25) is 5.02 Å². The maximum Gasteiger partial charge on any atom is 0.241 e. The second-order valence-electron chi connectivity index (χ2n) is 7.53. The number of aromatic nitrogens is 2. The zero-order chi connectivity index (χ0) is 21.1. The molecule has 3 aromatic rings. The third kappa shape index (κ3) is 5.09. The molecule has 0 unspecified atom stereocenters. The first kappa shape index (κ1) is 21.0. The lowest BCUT2D eigenvalue weighted by atomic mass is 9.96. The van der Waals surface area contributed by atoms with Crippen LogP contribution in [0.3, 0.4) is 0 Å². The first-order valence-corrected chi connectivity index (χ1v) is 11.0. The Labute approximate surface area is 188 Å². The van der Waals surface area contributed by atoms with Gasteiger partial charge in [0.2, 0.25) is 17.6 Å². The van der Waals surface area contributed by atoms with E-state index >= 15 is 0 Å². The van der Waals surface area contributed by atoms with E-state index in [0.29, 0.717) is 23.3 Å². The molecule has 1 aliphatic rings. The summed E-state index contributed by atoms with van der Waals surface area (Å²) in [4.78, 5) is 19.3. The van der Waals surface area contributed by atoms with Gasteiger partial charge in [0.1, 0.15) is 0 Å². The number of anilines is 1. The van der Waals surface area contributed by atoms with Crippen molar-refractivity contribution in [3.8, 4) is 11.4 Å². The molecule has 0 saturated carbocycles. The van der Waals surface area contributed by atoms with Crippen LogP contribution in [-0.2, 0) is 11.3 Å². The van der Waals surface area contributed by atoms with Gasteiger partial charge in [0.25, 0.3) is 0 Å². The number of aryl methyl sites for hydroxylation is 1. The minimum absolute atomic E-state index is 0.0127. The van der Waals surface area contributed by atoms with Gasteiger partial charge in [-0.2, -0.15) is 4.98 Å². The fourth-order valence-corrected chi connectivity index (χ4v) is 4.10. The predicted molar refractivity (Wildman–Crippen MR) is 120 cm³/mol. The summed E-state index contributed by atoms with van der Waals surface area (Å²) in [5, 5.41) is 7.73. The summed E-state index contributed by atoms with van der Waals surface area (Å²) in [6.45, 7) is 4.14. The van der Waals surface area contributed by atoms with Gasteiger partial charge in [-0.15, -0.1) is 0 Å². The summed E-state index contributed by atoms with van der Waals surface area (Å²) in [7, 11) is 0. The normalized spacial score (nSPS) is 15.3. The third-order valence-electron chi connectivity index (χ3n) is 5.31. The van der Waals surface area contributed by atoms with Gasteiger partial charge >= 0.3 is 0 Å². The Morgan fingerprint density at radius 3 is 2.80 bits per heavy atom. The zero-order valence-corrected chi connectivity index (χ0v) is 18.9. The van der Waals surface area contributed by atoms with E-state index in [-0.39, 0.29) is 11.8 Å². The predicted octanol–water partition coefficient (Wildman–Crippen LogP) is 5.31. The zero-order valence-electron chi connectivity index (χ0n) is 16.6. The Hall–Kier alpha value is -2.22. The highest BCUT2D eigenvalue weighted by molar-refractivity contribution is 9.10. The number of carbonyl (C=O) groups excluding carboxylic acids is 1. The number of nitrogens with one attached hydrogen (secondary N) is 1. The second kappa shape index (κ2) is 9.29. The quantitative estimate of drug-likeness (QED) is 0.526. The fourth-order valence-electron chi connectivity index (χ4n) is 3.52. The molecule has 156 valence electrons. The monoisotopic (exact) mass is 488 g/mol. The second-order valence-corrected chi connectivity index (χ2v) is 8.85. The van der Waals surface area contributed by atoms with E-state index in [1.54, 1.807) is 6.07 Å². The van der Waals surface area contributed by atoms with E-state index in [4.69, 9.17) is 16.1 Å². The lowest BCUT2D eigenvalue weighted by Crippen LogP contribution is -2.37. The molecule has 1 saturated heterocycles. The minimum atomic E-state index is -0.0127. The molecule has 0 aliphatic carbocycles. The van der Waals surface area contributed by atoms with Crippen LogP contribution in [-0.4, -0.2) is 34.0 Å². The molecule has 1 aromatic heterocycles. The van der Waals surface area contributed by atoms with E-state index in [0.717, 1.165) is 47.2 Å². The number of halogens is 2. The van der Waals surface area contributed by atoms with E-state index in [2.05, 4.69) is 36.3 Å². The molecule has 2 heterocycles. The molecular weight excluding hydrogens is 468 g/mol. The van der Waals surface area contributed by atoms with Gasteiger partial charge in [-0.05, 0) is 62.7 Å². The van der Waals surface area contributed by atoms with Crippen molar-refractivity contribution in [1.82, 2.24) is 15.0 Å². The first-order valence-electron chi connectivity index (χ1n) is 9.86. The topological polar surface area (TPSA) is 71.3 Å². The molecule has 6 nitrogen and oxygen atoms in total. The molecule has 1 aliphatic heterocycles. The molecule has 8 heteroatoms. The van der Waals surface area contributed by atoms with Gasteiger partial charge in [0.15, 0.2) is 0 Å². The summed E-state index contributed by atoms with van der Waals surface area (Å²) >= 11 is 9.60. The van der Waals surface area contributed by atoms with Crippen LogP contribution in [0.25, 0.3) is 11.4 Å². The Balaban J connectivity index is 1.29. The maximum absolute atomic E-state index is 12.6. The molecule has 1 amide bonds. The Kier molecular flexibility index (Phi) is 6.51. The molecule has 0 radical (unpaired) electrons. The van der Waals surface area contributed by atoms with E-state index < -0.39 is 0 Å². The molecule has 0 spiro atoms. The summed E-state index contributed by atoms with van der Waals surface area (Å²) in [6, 6.07) is 13.4. The standard InChI is InChI=1S/C22H22BrClN4O2/c1-14-5-6-18(12-19(14)24)25-22(29)15-7-9-28(10-8-15)13-20-26-21(27-30-20)16-3-2-4-17(23)11-16/h2-6,11-12,15H,7-10,13H2,1H3,(H,25,29). The Bertz CT molecular complexity index is 1050. The number of hydrogen-bond donors (Lipinski definition) is 1. The van der Waals surface area contributed by atoms with E-state index in [1.807, 2.05) is 43.3 Å². The Morgan fingerprint density at radius 2 is 2.07 bits per heavy atom. The molecule has 2 aromatic carbocycles. The largest absolute Gasteiger partial charge is 0.338 e. The first-order chi connectivity index (χ1) is 14.5. The summed E-state index contributed by atoms with van der Waals surface area (Å²) in [6.07, 6.45) is 1.58. The van der Waals surface area contributed by atoms with Crippen molar-refractivity contribution in [1.29, 1.82) is 0 Å². The number of benzene rings is 2. The van der Waals surface area contributed by atoms with Gasteiger partial charge in [0.05, 0.1) is 6.54 Å². The van der Waals surface area contributed by atoms with E-state index in [9.17, 15) is 4.79 Å². The van der Waals surface area contributed by atoms with Crippen molar-refractivity contribution in [2.24, 2.45) is 5.92 Å². The van der Waals surface area contributed by atoms with Gasteiger partial charge < -0.3 is 9.84 Å². The highest BCUT2D eigenvalue weighted by Crippen LogP contribution is 2.24. The highest BCUT2D eigenvalue weighted by Gasteiger charge is 2.26. The number of carbonyl (C=O) groups is 1. The van der Waals surface area contributed by atoms with Crippen LogP contribution in [0.5, 0.6) is 0 Å². The van der Waals surface area contributed by atoms with Crippen molar-refractivity contribution in [3.63, 3.8) is 0 Å². The number of likely N-dealkylation sites (tertiary alicyclic amines) is 1. The fraction of sp³-hybridized carbons (Fsp3) is 0.318. The SMILES string of the molecule is Cc1ccc(NC(=O)C2CCN(Cc3nc(-c4cccc(Br)c4)no3)CC2)cc1Cl. The van der Waals surface area contributed by atoms with E-state index in [1.165, 1.54) is 0 Å².